The Morgan fingerprint density at radius 2 is 1.92 bits per heavy atom. The highest BCUT2D eigenvalue weighted by Gasteiger charge is 2.40. The van der Waals surface area contributed by atoms with E-state index in [-0.39, 0.29) is 35.1 Å². The number of thioether (sulfide) groups is 1. The number of carbonyl (C=O) groups is 3. The number of thiazole rings is 1. The van der Waals surface area contributed by atoms with Crippen LogP contribution in [0.3, 0.4) is 0 Å². The molecule has 3 aliphatic rings. The van der Waals surface area contributed by atoms with Gasteiger partial charge in [-0.3, -0.25) is 14.4 Å². The van der Waals surface area contributed by atoms with Crippen LogP contribution in [0.2, 0.25) is 0 Å². The maximum absolute atomic E-state index is 13.7. The second-order valence-electron chi connectivity index (χ2n) is 11.0. The van der Waals surface area contributed by atoms with Gasteiger partial charge in [-0.25, -0.2) is 13.4 Å². The molecule has 0 unspecified atom stereocenters. The van der Waals surface area contributed by atoms with Crippen LogP contribution in [0.1, 0.15) is 80.8 Å². The molecule has 3 aliphatic carbocycles. The van der Waals surface area contributed by atoms with E-state index in [2.05, 4.69) is 4.98 Å². The molecule has 2 aromatic rings. The number of aliphatic carboxylic acids is 1. The summed E-state index contributed by atoms with van der Waals surface area (Å²) in [5.41, 5.74) is 1.99. The number of hydrogen-bond acceptors (Lipinski definition) is 8. The van der Waals surface area contributed by atoms with Gasteiger partial charge in [0.05, 0.1) is 27.0 Å². The Kier molecular flexibility index (Phi) is 7.43. The van der Waals surface area contributed by atoms with E-state index in [0.29, 0.717) is 53.1 Å². The number of ketones is 2. The fourth-order valence-electron chi connectivity index (χ4n) is 4.77. The molecule has 10 heteroatoms. The van der Waals surface area contributed by atoms with Crippen molar-refractivity contribution >= 4 is 56.0 Å². The van der Waals surface area contributed by atoms with Crippen LogP contribution in [-0.4, -0.2) is 46.0 Å². The van der Waals surface area contributed by atoms with E-state index in [0.717, 1.165) is 22.6 Å². The first kappa shape index (κ1) is 27.3. The highest BCUT2D eigenvalue weighted by atomic mass is 32.2. The molecular formula is C28H31NO6S3. The summed E-state index contributed by atoms with van der Waals surface area (Å²) in [6.07, 6.45) is 8.42. The second-order valence-corrected chi connectivity index (χ2v) is 16.2. The molecule has 0 radical (unpaired) electrons. The molecule has 1 aromatic carbocycles. The minimum Gasteiger partial charge on any atom is -0.480 e. The Morgan fingerprint density at radius 3 is 2.53 bits per heavy atom. The number of carboxylic acid groups (broad SMARTS) is 1. The lowest BCUT2D eigenvalue weighted by Gasteiger charge is -2.16. The van der Waals surface area contributed by atoms with Gasteiger partial charge in [0.1, 0.15) is 15.5 Å². The highest BCUT2D eigenvalue weighted by Crippen LogP contribution is 2.46. The Labute approximate surface area is 231 Å². The lowest BCUT2D eigenvalue weighted by Crippen LogP contribution is -2.26. The minimum absolute atomic E-state index is 0.0283. The van der Waals surface area contributed by atoms with Crippen LogP contribution in [-0.2, 0) is 30.6 Å². The molecule has 38 heavy (non-hydrogen) atoms. The van der Waals surface area contributed by atoms with Gasteiger partial charge < -0.3 is 5.11 Å². The fraction of sp³-hybridized carbons (Fsp3) is 0.500. The summed E-state index contributed by atoms with van der Waals surface area (Å²) in [5.74, 6) is -0.723. The first-order valence-corrected chi connectivity index (χ1v) is 16.1. The minimum atomic E-state index is -3.36. The number of Topliss-reactive ketones (excluding diaryl/α,β-unsaturated/α-hetero) is 2. The number of benzene rings is 1. The van der Waals surface area contributed by atoms with E-state index in [1.807, 2.05) is 12.1 Å². The van der Waals surface area contributed by atoms with Crippen LogP contribution in [0.5, 0.6) is 0 Å². The number of sulfone groups is 1. The third kappa shape index (κ3) is 5.97. The molecule has 1 heterocycles. The zero-order chi connectivity index (χ0) is 27.2. The maximum Gasteiger partial charge on any atom is 0.319 e. The van der Waals surface area contributed by atoms with Crippen LogP contribution >= 0.6 is 23.1 Å². The van der Waals surface area contributed by atoms with Gasteiger partial charge in [0.25, 0.3) is 0 Å². The summed E-state index contributed by atoms with van der Waals surface area (Å²) in [6, 6.07) is 5.29. The lowest BCUT2D eigenvalue weighted by atomic mass is 9.92. The normalized spacial score (nSPS) is 20.6. The second kappa shape index (κ2) is 10.4. The van der Waals surface area contributed by atoms with E-state index in [1.54, 1.807) is 32.2 Å². The van der Waals surface area contributed by atoms with Gasteiger partial charge in [0.15, 0.2) is 15.6 Å². The van der Waals surface area contributed by atoms with Crippen molar-refractivity contribution in [3.63, 3.8) is 0 Å². The van der Waals surface area contributed by atoms with Crippen LogP contribution in [0, 0.1) is 5.92 Å². The van der Waals surface area contributed by atoms with E-state index < -0.39 is 20.6 Å². The van der Waals surface area contributed by atoms with Gasteiger partial charge in [-0.1, -0.05) is 23.9 Å². The van der Waals surface area contributed by atoms with Gasteiger partial charge in [0.2, 0.25) is 0 Å². The number of rotatable bonds is 11. The standard InChI is InChI=1S/C28H31NO6S3/c1-28(2,27(32)33)37-26-15-29-25(36-26)14-23(31)21(12-16-3-7-19(30)11-16)18-6-10-24(22(13-18)17-4-5-17)38(34,35)20-8-9-20/h6,10,12-13,15-17,20H,3-5,7-9,11,14H2,1-2H3,(H,32,33)/b21-12+/t16-/m0/s1. The zero-order valence-electron chi connectivity index (χ0n) is 21.4. The van der Waals surface area contributed by atoms with E-state index >= 15 is 0 Å². The van der Waals surface area contributed by atoms with Gasteiger partial charge in [-0.05, 0) is 81.0 Å². The molecule has 0 spiro atoms. The molecule has 0 amide bonds. The quantitative estimate of drug-likeness (QED) is 0.277. The lowest BCUT2D eigenvalue weighted by molar-refractivity contribution is -0.138. The van der Waals surface area contributed by atoms with Crippen LogP contribution in [0.15, 0.2) is 39.6 Å². The largest absolute Gasteiger partial charge is 0.480 e. The van der Waals surface area contributed by atoms with Gasteiger partial charge in [-0.15, -0.1) is 11.3 Å². The van der Waals surface area contributed by atoms with Crippen molar-refractivity contribution < 1.29 is 27.9 Å². The molecule has 1 N–H and O–H groups in total. The number of carbonyl (C=O) groups excluding carboxylic acids is 2. The van der Waals surface area contributed by atoms with Crippen molar-refractivity contribution in [1.29, 1.82) is 0 Å². The first-order valence-electron chi connectivity index (χ1n) is 13.0. The molecule has 1 aromatic heterocycles. The molecule has 3 saturated carbocycles. The average Bonchev–Trinajstić information content (AvgIpc) is 3.78. The molecule has 7 nitrogen and oxygen atoms in total. The molecule has 5 rings (SSSR count). The van der Waals surface area contributed by atoms with Gasteiger partial charge in [-0.2, -0.15) is 0 Å². The summed E-state index contributed by atoms with van der Waals surface area (Å²) in [4.78, 5) is 41.9. The SMILES string of the molecule is CC(C)(Sc1cnc(CC(=O)/C(=C/[C@H]2CCC(=O)C2)c2ccc(S(=O)(=O)C3CC3)c(C3CC3)c2)s1)C(=O)O. The van der Waals surface area contributed by atoms with Crippen LogP contribution in [0.25, 0.3) is 5.57 Å². The third-order valence-electron chi connectivity index (χ3n) is 7.31. The Bertz CT molecular complexity index is 1430. The fourth-order valence-corrected chi connectivity index (χ4v) is 9.12. The summed E-state index contributed by atoms with van der Waals surface area (Å²) in [5, 5.41) is 9.71. The van der Waals surface area contributed by atoms with Crippen molar-refractivity contribution in [1.82, 2.24) is 4.98 Å². The van der Waals surface area contributed by atoms with Crippen LogP contribution < -0.4 is 0 Å². The van der Waals surface area contributed by atoms with Crippen molar-refractivity contribution in [2.24, 2.45) is 5.92 Å². The number of aromatic nitrogens is 1. The molecule has 0 aliphatic heterocycles. The monoisotopic (exact) mass is 573 g/mol. The Hall–Kier alpha value is -2.30. The topological polar surface area (TPSA) is 118 Å². The Balaban J connectivity index is 1.45. The molecule has 0 saturated heterocycles. The molecular weight excluding hydrogens is 543 g/mol. The third-order valence-corrected chi connectivity index (χ3v) is 11.9. The summed E-state index contributed by atoms with van der Waals surface area (Å²) in [7, 11) is -3.36. The van der Waals surface area contributed by atoms with E-state index in [1.165, 1.54) is 23.1 Å². The molecule has 0 bridgehead atoms. The summed E-state index contributed by atoms with van der Waals surface area (Å²) >= 11 is 2.49. The number of hydrogen-bond donors (Lipinski definition) is 1. The predicted molar refractivity (Wildman–Crippen MR) is 147 cm³/mol. The highest BCUT2D eigenvalue weighted by molar-refractivity contribution is 8.03. The van der Waals surface area contributed by atoms with Crippen molar-refractivity contribution in [3.8, 4) is 0 Å². The van der Waals surface area contributed by atoms with Crippen molar-refractivity contribution in [3.05, 3.63) is 46.6 Å². The number of nitrogens with zero attached hydrogens (tertiary/aromatic N) is 1. The maximum atomic E-state index is 13.7. The van der Waals surface area contributed by atoms with Crippen LogP contribution in [0.4, 0.5) is 0 Å². The molecule has 1 atom stereocenters. The Morgan fingerprint density at radius 1 is 1.18 bits per heavy atom. The van der Waals surface area contributed by atoms with Crippen molar-refractivity contribution in [2.75, 3.05) is 0 Å². The molecule has 3 fully saturated rings. The van der Waals surface area contributed by atoms with Gasteiger partial charge in [0, 0.05) is 18.4 Å². The average molecular weight is 574 g/mol. The summed E-state index contributed by atoms with van der Waals surface area (Å²) < 4.78 is 25.9. The van der Waals surface area contributed by atoms with E-state index in [9.17, 15) is 27.9 Å². The smallest absolute Gasteiger partial charge is 0.319 e. The van der Waals surface area contributed by atoms with Gasteiger partial charge >= 0.3 is 5.97 Å². The molecule has 202 valence electrons. The van der Waals surface area contributed by atoms with Crippen molar-refractivity contribution in [2.45, 2.75) is 90.2 Å². The summed E-state index contributed by atoms with van der Waals surface area (Å²) in [6.45, 7) is 3.25. The number of allylic oxidation sites excluding steroid dienone is 2. The number of carboxylic acids is 1. The zero-order valence-corrected chi connectivity index (χ0v) is 23.9. The van der Waals surface area contributed by atoms with E-state index in [4.69, 9.17) is 0 Å². The first-order chi connectivity index (χ1) is 17.9. The predicted octanol–water partition coefficient (Wildman–Crippen LogP) is 5.48.